The maximum atomic E-state index is 13.7. The molecular weight excluding hydrogens is 302 g/mol. The number of H-pyrrole nitrogens is 1. The minimum absolute atomic E-state index is 0.0723. The summed E-state index contributed by atoms with van der Waals surface area (Å²) in [5.74, 6) is -0.985. The molecule has 0 atom stereocenters. The van der Waals surface area contributed by atoms with Crippen molar-refractivity contribution >= 4 is 5.95 Å². The Kier molecular flexibility index (Phi) is 4.66. The van der Waals surface area contributed by atoms with Crippen molar-refractivity contribution in [1.29, 1.82) is 0 Å². The van der Waals surface area contributed by atoms with Crippen LogP contribution in [0.4, 0.5) is 14.7 Å². The van der Waals surface area contributed by atoms with Crippen LogP contribution in [-0.2, 0) is 6.42 Å². The molecular formula is C16H18F2N4O. The van der Waals surface area contributed by atoms with Crippen molar-refractivity contribution < 1.29 is 8.78 Å². The number of nitrogens with one attached hydrogen (secondary N) is 2. The monoisotopic (exact) mass is 320 g/mol. The molecule has 1 aromatic carbocycles. The van der Waals surface area contributed by atoms with E-state index in [1.807, 2.05) is 5.01 Å². The van der Waals surface area contributed by atoms with Crippen molar-refractivity contribution in [3.8, 4) is 0 Å². The van der Waals surface area contributed by atoms with E-state index in [0.29, 0.717) is 11.6 Å². The Balaban J connectivity index is 1.81. The highest BCUT2D eigenvalue weighted by Gasteiger charge is 2.13. The zero-order valence-electron chi connectivity index (χ0n) is 12.6. The average Bonchev–Trinajstić information content (AvgIpc) is 2.51. The van der Waals surface area contributed by atoms with Gasteiger partial charge in [-0.05, 0) is 25.0 Å². The van der Waals surface area contributed by atoms with E-state index in [2.05, 4.69) is 15.4 Å². The lowest BCUT2D eigenvalue weighted by Gasteiger charge is -2.27. The third-order valence-electron chi connectivity index (χ3n) is 3.83. The SMILES string of the molecule is O=c1cc(Cc2c(F)cccc2F)nc(NN2CCCCC2)[nH]1. The highest BCUT2D eigenvalue weighted by molar-refractivity contribution is 5.29. The first-order chi connectivity index (χ1) is 11.1. The van der Waals surface area contributed by atoms with Crippen LogP contribution in [-0.4, -0.2) is 28.1 Å². The fourth-order valence-electron chi connectivity index (χ4n) is 2.69. The summed E-state index contributed by atoms with van der Waals surface area (Å²) in [5, 5.41) is 1.98. The summed E-state index contributed by atoms with van der Waals surface area (Å²) in [7, 11) is 0. The fourth-order valence-corrected chi connectivity index (χ4v) is 2.69. The number of halogens is 2. The van der Waals surface area contributed by atoms with Crippen LogP contribution in [0.25, 0.3) is 0 Å². The van der Waals surface area contributed by atoms with E-state index >= 15 is 0 Å². The van der Waals surface area contributed by atoms with Crippen molar-refractivity contribution in [2.24, 2.45) is 0 Å². The van der Waals surface area contributed by atoms with Crippen molar-refractivity contribution in [2.75, 3.05) is 18.5 Å². The zero-order valence-corrected chi connectivity index (χ0v) is 12.6. The van der Waals surface area contributed by atoms with E-state index in [1.165, 1.54) is 30.7 Å². The van der Waals surface area contributed by atoms with Crippen LogP contribution >= 0.6 is 0 Å². The molecule has 0 amide bonds. The average molecular weight is 320 g/mol. The van der Waals surface area contributed by atoms with Gasteiger partial charge in [0.2, 0.25) is 5.95 Å². The molecule has 0 unspecified atom stereocenters. The topological polar surface area (TPSA) is 61.0 Å². The number of anilines is 1. The summed E-state index contributed by atoms with van der Waals surface area (Å²) in [6, 6.07) is 4.95. The first kappa shape index (κ1) is 15.6. The van der Waals surface area contributed by atoms with E-state index in [1.54, 1.807) is 0 Å². The number of hydrogen-bond acceptors (Lipinski definition) is 4. The molecule has 0 spiro atoms. The van der Waals surface area contributed by atoms with Gasteiger partial charge in [0.25, 0.3) is 5.56 Å². The molecule has 2 heterocycles. The van der Waals surface area contributed by atoms with Gasteiger partial charge in [0.15, 0.2) is 0 Å². The lowest BCUT2D eigenvalue weighted by atomic mass is 10.1. The van der Waals surface area contributed by atoms with Crippen LogP contribution in [0.2, 0.25) is 0 Å². The van der Waals surface area contributed by atoms with Crippen LogP contribution in [0.5, 0.6) is 0 Å². The molecule has 0 saturated carbocycles. The van der Waals surface area contributed by atoms with E-state index in [4.69, 9.17) is 0 Å². The minimum atomic E-state index is -0.641. The lowest BCUT2D eigenvalue weighted by Crippen LogP contribution is -2.36. The normalized spacial score (nSPS) is 15.6. The third kappa shape index (κ3) is 3.92. The molecule has 2 aromatic rings. The van der Waals surface area contributed by atoms with Crippen LogP contribution in [0, 0.1) is 11.6 Å². The minimum Gasteiger partial charge on any atom is -0.292 e. The van der Waals surface area contributed by atoms with Gasteiger partial charge >= 0.3 is 0 Å². The number of benzene rings is 1. The molecule has 0 aliphatic carbocycles. The Hall–Kier alpha value is -2.28. The Bertz CT molecular complexity index is 721. The smallest absolute Gasteiger partial charge is 0.252 e. The summed E-state index contributed by atoms with van der Waals surface area (Å²) in [6.45, 7) is 1.74. The van der Waals surface area contributed by atoms with E-state index < -0.39 is 11.6 Å². The molecule has 23 heavy (non-hydrogen) atoms. The molecule has 2 N–H and O–H groups in total. The molecule has 0 bridgehead atoms. The molecule has 0 radical (unpaired) electrons. The van der Waals surface area contributed by atoms with Gasteiger partial charge in [-0.25, -0.2) is 18.8 Å². The summed E-state index contributed by atoms with van der Waals surface area (Å²) >= 11 is 0. The van der Waals surface area contributed by atoms with Gasteiger partial charge in [-0.2, -0.15) is 0 Å². The highest BCUT2D eigenvalue weighted by atomic mass is 19.1. The predicted octanol–water partition coefficient (Wildman–Crippen LogP) is 2.45. The molecule has 1 saturated heterocycles. The van der Waals surface area contributed by atoms with Crippen LogP contribution < -0.4 is 11.0 Å². The first-order valence-electron chi connectivity index (χ1n) is 7.66. The second-order valence-electron chi connectivity index (χ2n) is 5.62. The standard InChI is InChI=1S/C16H18F2N4O/c17-13-5-4-6-14(18)12(13)9-11-10-15(23)20-16(19-11)21-22-7-2-1-3-8-22/h4-6,10H,1-3,7-9H2,(H2,19,20,21,23). The van der Waals surface area contributed by atoms with E-state index in [-0.39, 0.29) is 17.5 Å². The summed E-state index contributed by atoms with van der Waals surface area (Å²) in [6.07, 6.45) is 3.28. The Labute approximate surface area is 132 Å². The zero-order chi connectivity index (χ0) is 16.2. The van der Waals surface area contributed by atoms with Gasteiger partial charge in [-0.1, -0.05) is 12.5 Å². The first-order valence-corrected chi connectivity index (χ1v) is 7.66. The Morgan fingerprint density at radius 3 is 2.57 bits per heavy atom. The summed E-state index contributed by atoms with van der Waals surface area (Å²) in [5.41, 5.74) is 2.93. The summed E-state index contributed by atoms with van der Waals surface area (Å²) < 4.78 is 27.5. The van der Waals surface area contributed by atoms with Gasteiger partial charge in [0.05, 0.1) is 5.69 Å². The fraction of sp³-hybridized carbons (Fsp3) is 0.375. The summed E-state index contributed by atoms with van der Waals surface area (Å²) in [4.78, 5) is 18.6. The highest BCUT2D eigenvalue weighted by Crippen LogP contribution is 2.16. The molecule has 1 aliphatic rings. The van der Waals surface area contributed by atoms with Crippen LogP contribution in [0.15, 0.2) is 29.1 Å². The van der Waals surface area contributed by atoms with Gasteiger partial charge in [0.1, 0.15) is 11.6 Å². The van der Waals surface area contributed by atoms with Crippen molar-refractivity contribution in [1.82, 2.24) is 15.0 Å². The number of hydrazine groups is 1. The van der Waals surface area contributed by atoms with E-state index in [9.17, 15) is 13.6 Å². The molecule has 122 valence electrons. The molecule has 7 heteroatoms. The number of aromatic nitrogens is 2. The third-order valence-corrected chi connectivity index (χ3v) is 3.83. The van der Waals surface area contributed by atoms with Crippen LogP contribution in [0.1, 0.15) is 30.5 Å². The number of rotatable bonds is 4. The van der Waals surface area contributed by atoms with E-state index in [0.717, 1.165) is 25.9 Å². The second-order valence-corrected chi connectivity index (χ2v) is 5.62. The maximum Gasteiger partial charge on any atom is 0.252 e. The quantitative estimate of drug-likeness (QED) is 0.908. The van der Waals surface area contributed by atoms with Gasteiger partial charge in [0, 0.05) is 31.1 Å². The van der Waals surface area contributed by atoms with Crippen molar-refractivity contribution in [2.45, 2.75) is 25.7 Å². The number of hydrogen-bond donors (Lipinski definition) is 2. The van der Waals surface area contributed by atoms with Gasteiger partial charge < -0.3 is 0 Å². The number of aromatic amines is 1. The maximum absolute atomic E-state index is 13.7. The second kappa shape index (κ2) is 6.87. The number of piperidine rings is 1. The van der Waals surface area contributed by atoms with Gasteiger partial charge in [-0.3, -0.25) is 15.2 Å². The largest absolute Gasteiger partial charge is 0.292 e. The molecule has 1 fully saturated rings. The Morgan fingerprint density at radius 2 is 1.87 bits per heavy atom. The predicted molar refractivity (Wildman–Crippen MR) is 83.1 cm³/mol. The number of nitrogens with zero attached hydrogens (tertiary/aromatic N) is 2. The molecule has 3 rings (SSSR count). The molecule has 1 aliphatic heterocycles. The Morgan fingerprint density at radius 1 is 1.17 bits per heavy atom. The lowest BCUT2D eigenvalue weighted by molar-refractivity contribution is 0.271. The van der Waals surface area contributed by atoms with Crippen LogP contribution in [0.3, 0.4) is 0 Å². The van der Waals surface area contributed by atoms with Crippen molar-refractivity contribution in [3.63, 3.8) is 0 Å². The van der Waals surface area contributed by atoms with Gasteiger partial charge in [-0.15, -0.1) is 0 Å². The molecule has 1 aromatic heterocycles. The van der Waals surface area contributed by atoms with Crippen molar-refractivity contribution in [3.05, 3.63) is 57.5 Å². The molecule has 5 nitrogen and oxygen atoms in total.